The molecule has 0 amide bonds. The first kappa shape index (κ1) is 61.3. The molecule has 0 spiro atoms. The van der Waals surface area contributed by atoms with Crippen LogP contribution in [-0.4, -0.2) is 35.9 Å². The molecule has 9 heteroatoms. The predicted molar refractivity (Wildman–Crippen MR) is 330 cm³/mol. The van der Waals surface area contributed by atoms with E-state index in [0.717, 1.165) is 69.1 Å². The SMILES string of the molecule is C=CCCOc1ccc(N=Cc2cc(C(C)(C)c3ccccc3)cc(C(C)(C)c3ccccc3)c2O)cc1.C=CCCOc1ccc(N=Cc2cc(C(C)(C)c3ccccc3)cc(C(C)(C)c3ccccc3)c2O)cc1.[Cl][Ti][Cl]. The Bertz CT molecular complexity index is 3030. The molecule has 406 valence electrons. The number of ether oxygens (including phenoxy) is 2. The van der Waals surface area contributed by atoms with Crippen molar-refractivity contribution >= 4 is 42.4 Å². The summed E-state index contributed by atoms with van der Waals surface area (Å²) in [5, 5.41) is 23.1. The van der Waals surface area contributed by atoms with E-state index in [0.29, 0.717) is 24.3 Å². The van der Waals surface area contributed by atoms with Crippen LogP contribution in [0, 0.1) is 0 Å². The molecule has 0 bridgehead atoms. The van der Waals surface area contributed by atoms with Crippen molar-refractivity contribution in [3.8, 4) is 23.0 Å². The average Bonchev–Trinajstić information content (AvgIpc) is 3.51. The maximum atomic E-state index is 11.6. The molecule has 0 radical (unpaired) electrons. The molecule has 8 rings (SSSR count). The predicted octanol–water partition coefficient (Wildman–Crippen LogP) is 18.9. The molecule has 0 aromatic heterocycles. The minimum absolute atomic E-state index is 0.250. The molecule has 8 aromatic rings. The van der Waals surface area contributed by atoms with Gasteiger partial charge in [-0.1, -0.05) is 201 Å². The van der Waals surface area contributed by atoms with Gasteiger partial charge in [0.2, 0.25) is 0 Å². The van der Waals surface area contributed by atoms with Crippen LogP contribution in [-0.2, 0) is 38.7 Å². The third kappa shape index (κ3) is 16.1. The Kier molecular flexibility index (Phi) is 22.3. The summed E-state index contributed by atoms with van der Waals surface area (Å²) in [6.45, 7) is 26.2. The summed E-state index contributed by atoms with van der Waals surface area (Å²) >= 11 is -0.556. The van der Waals surface area contributed by atoms with Crippen molar-refractivity contribution in [2.45, 2.75) is 89.9 Å². The van der Waals surface area contributed by atoms with E-state index in [2.05, 4.69) is 166 Å². The van der Waals surface area contributed by atoms with Crippen LogP contribution in [0.1, 0.15) is 124 Å². The Morgan fingerprint density at radius 1 is 0.418 bits per heavy atom. The number of halogens is 2. The second-order valence-corrected chi connectivity index (χ2v) is 23.9. The van der Waals surface area contributed by atoms with Crippen LogP contribution in [0.4, 0.5) is 11.4 Å². The molecule has 0 saturated carbocycles. The monoisotopic (exact) mass is 1120 g/mol. The first-order chi connectivity index (χ1) is 37.9. The molecule has 0 atom stereocenters. The number of nitrogens with zero attached hydrogens (tertiary/aromatic N) is 2. The molecule has 0 fully saturated rings. The first-order valence-corrected chi connectivity index (χ1v) is 30.9. The van der Waals surface area contributed by atoms with Gasteiger partial charge in [-0.3, -0.25) is 9.98 Å². The number of benzene rings is 8. The summed E-state index contributed by atoms with van der Waals surface area (Å²) in [7, 11) is 9.78. The van der Waals surface area contributed by atoms with Gasteiger partial charge in [-0.05, 0) is 107 Å². The molecule has 0 aliphatic heterocycles. The fourth-order valence-corrected chi connectivity index (χ4v) is 9.31. The van der Waals surface area contributed by atoms with E-state index in [9.17, 15) is 10.2 Å². The second kappa shape index (κ2) is 28.8. The molecule has 8 aromatic carbocycles. The van der Waals surface area contributed by atoms with Crippen LogP contribution in [0.5, 0.6) is 23.0 Å². The van der Waals surface area contributed by atoms with Gasteiger partial charge in [-0.25, -0.2) is 0 Å². The first-order valence-electron chi connectivity index (χ1n) is 26.6. The number of hydrogen-bond acceptors (Lipinski definition) is 6. The summed E-state index contributed by atoms with van der Waals surface area (Å²) in [6.07, 6.45) is 8.81. The summed E-state index contributed by atoms with van der Waals surface area (Å²) in [5.74, 6) is 2.10. The van der Waals surface area contributed by atoms with E-state index < -0.39 is 27.9 Å². The van der Waals surface area contributed by atoms with Crippen molar-refractivity contribution in [3.05, 3.63) is 275 Å². The Balaban J connectivity index is 0.000000243. The number of phenols is 2. The van der Waals surface area contributed by atoms with Crippen LogP contribution in [0.25, 0.3) is 0 Å². The van der Waals surface area contributed by atoms with Gasteiger partial charge in [0.15, 0.2) is 0 Å². The third-order valence-electron chi connectivity index (χ3n) is 14.6. The zero-order chi connectivity index (χ0) is 57.1. The molecule has 0 heterocycles. The average molecular weight is 1130 g/mol. The van der Waals surface area contributed by atoms with Gasteiger partial charge < -0.3 is 19.7 Å². The molecule has 0 saturated heterocycles. The van der Waals surface area contributed by atoms with E-state index in [1.165, 1.54) is 11.1 Å². The van der Waals surface area contributed by atoms with E-state index in [1.54, 1.807) is 12.4 Å². The Labute approximate surface area is 487 Å². The van der Waals surface area contributed by atoms with Crippen LogP contribution >= 0.6 is 18.6 Å². The van der Waals surface area contributed by atoms with Crippen molar-refractivity contribution in [2.75, 3.05) is 13.2 Å². The van der Waals surface area contributed by atoms with Crippen LogP contribution in [0.15, 0.2) is 229 Å². The van der Waals surface area contributed by atoms with Crippen molar-refractivity contribution in [2.24, 2.45) is 9.98 Å². The third-order valence-corrected chi connectivity index (χ3v) is 14.6. The fraction of sp³-hybridized carbons (Fsp3) is 0.229. The summed E-state index contributed by atoms with van der Waals surface area (Å²) in [5.41, 5.74) is 10.3. The normalized spacial score (nSPS) is 11.7. The zero-order valence-corrected chi connectivity index (χ0v) is 50.0. The van der Waals surface area contributed by atoms with Crippen molar-refractivity contribution in [1.82, 2.24) is 0 Å². The second-order valence-electron chi connectivity index (χ2n) is 21.3. The van der Waals surface area contributed by atoms with Gasteiger partial charge in [0.05, 0.1) is 24.6 Å². The number of aromatic hydroxyl groups is 2. The molecule has 6 nitrogen and oxygen atoms in total. The van der Waals surface area contributed by atoms with Gasteiger partial charge in [0.1, 0.15) is 23.0 Å². The van der Waals surface area contributed by atoms with E-state index in [-0.39, 0.29) is 22.3 Å². The Hall–Kier alpha value is -6.93. The summed E-state index contributed by atoms with van der Waals surface area (Å²) < 4.78 is 11.4. The molecule has 0 unspecified atom stereocenters. The quantitative estimate of drug-likeness (QED) is 0.0345. The van der Waals surface area contributed by atoms with E-state index in [4.69, 9.17) is 38.1 Å². The van der Waals surface area contributed by atoms with Crippen molar-refractivity contribution < 1.29 is 36.7 Å². The molecule has 79 heavy (non-hydrogen) atoms. The zero-order valence-electron chi connectivity index (χ0n) is 46.9. The van der Waals surface area contributed by atoms with Gasteiger partial charge in [-0.15, -0.1) is 13.2 Å². The minimum atomic E-state index is -0.556. The molecular weight excluding hydrogens is 1050 g/mol. The summed E-state index contributed by atoms with van der Waals surface area (Å²) in [6, 6.07) is 65.4. The number of hydrogen-bond donors (Lipinski definition) is 2. The maximum absolute atomic E-state index is 11.6. The number of rotatable bonds is 20. The van der Waals surface area contributed by atoms with Crippen LogP contribution in [0.2, 0.25) is 0 Å². The standard InChI is InChI=1S/2C35H37NO2.2ClH.Ti/c2*1-6-7-22-38-31-20-18-30(19-21-31)36-25-26-23-29(34(2,3)27-14-10-8-11-15-27)24-32(33(26)37)35(4,5)28-16-12-9-13-17-28;;;/h2*6,8-21,23-25,37H,1,7,22H2,2-5H3;2*1H;/q;;;;+2/p-2. The van der Waals surface area contributed by atoms with E-state index >= 15 is 0 Å². The van der Waals surface area contributed by atoms with Crippen LogP contribution in [0.3, 0.4) is 0 Å². The van der Waals surface area contributed by atoms with Crippen molar-refractivity contribution in [3.63, 3.8) is 0 Å². The van der Waals surface area contributed by atoms with Gasteiger partial charge in [-0.2, -0.15) is 0 Å². The number of phenolic OH excluding ortho intramolecular Hbond substituents is 2. The molecule has 0 aliphatic carbocycles. The molecular formula is C70H74Cl2N2O4Ti. The summed E-state index contributed by atoms with van der Waals surface area (Å²) in [4.78, 5) is 9.42. The topological polar surface area (TPSA) is 83.6 Å². The number of aliphatic imine (C=N–C) groups is 2. The Morgan fingerprint density at radius 3 is 0.975 bits per heavy atom. The van der Waals surface area contributed by atoms with Crippen LogP contribution < -0.4 is 9.47 Å². The van der Waals surface area contributed by atoms with Crippen molar-refractivity contribution in [1.29, 1.82) is 0 Å². The molecule has 0 aliphatic rings. The van der Waals surface area contributed by atoms with Gasteiger partial charge in [0, 0.05) is 56.3 Å². The molecule has 2 N–H and O–H groups in total. The van der Waals surface area contributed by atoms with Gasteiger partial charge >= 0.3 is 35.6 Å². The Morgan fingerprint density at radius 2 is 0.696 bits per heavy atom. The van der Waals surface area contributed by atoms with Gasteiger partial charge in [0.25, 0.3) is 0 Å². The fourth-order valence-electron chi connectivity index (χ4n) is 9.31. The van der Waals surface area contributed by atoms with E-state index in [1.807, 2.05) is 109 Å².